The molecule has 3 heterocycles. The summed E-state index contributed by atoms with van der Waals surface area (Å²) in [7, 11) is 0. The minimum Gasteiger partial charge on any atom is -0.454 e. The van der Waals surface area contributed by atoms with Gasteiger partial charge >= 0.3 is 0 Å². The van der Waals surface area contributed by atoms with Gasteiger partial charge in [0, 0.05) is 28.4 Å². The van der Waals surface area contributed by atoms with Crippen LogP contribution in [0, 0.1) is 0 Å². The number of unbranched alkanes of at least 4 members (excludes halogenated alkanes) is 2. The number of H-pyrrole nitrogens is 1. The Morgan fingerprint density at radius 3 is 2.83 bits per heavy atom. The Balaban J connectivity index is 1.63. The fraction of sp³-hybridized carbons (Fsp3) is 0.250. The summed E-state index contributed by atoms with van der Waals surface area (Å²) in [5, 5.41) is 5.05. The number of amides is 1. The van der Waals surface area contributed by atoms with Crippen LogP contribution in [0.2, 0.25) is 0 Å². The number of hydrogen-bond donors (Lipinski definition) is 2. The topological polar surface area (TPSA) is 76.2 Å². The Kier molecular flexibility index (Phi) is 4.75. The molecule has 0 spiro atoms. The highest BCUT2D eigenvalue weighted by molar-refractivity contribution is 6.13. The molecule has 2 N–H and O–H groups in total. The number of aromatic nitrogens is 2. The van der Waals surface area contributed by atoms with Gasteiger partial charge in [-0.25, -0.2) is 4.98 Å². The fourth-order valence-corrected chi connectivity index (χ4v) is 3.88. The maximum absolute atomic E-state index is 12.9. The van der Waals surface area contributed by atoms with Gasteiger partial charge in [0.15, 0.2) is 11.5 Å². The largest absolute Gasteiger partial charge is 0.454 e. The molecule has 0 bridgehead atoms. The SMILES string of the molecule is CCCCCNC(=O)c1cc2c([nH]c3ccccc32)c(-c2ccc3c(c2)OCO3)n1. The first-order valence-corrected chi connectivity index (χ1v) is 10.3. The van der Waals surface area contributed by atoms with Gasteiger partial charge in [-0.15, -0.1) is 0 Å². The third-order valence-corrected chi connectivity index (χ3v) is 5.44. The summed E-state index contributed by atoms with van der Waals surface area (Å²) in [6.07, 6.45) is 3.17. The summed E-state index contributed by atoms with van der Waals surface area (Å²) < 4.78 is 11.0. The van der Waals surface area contributed by atoms with Crippen molar-refractivity contribution in [1.29, 1.82) is 0 Å². The van der Waals surface area contributed by atoms with Crippen LogP contribution in [-0.2, 0) is 0 Å². The van der Waals surface area contributed by atoms with Crippen LogP contribution in [0.1, 0.15) is 36.7 Å². The molecule has 152 valence electrons. The third-order valence-electron chi connectivity index (χ3n) is 5.44. The highest BCUT2D eigenvalue weighted by atomic mass is 16.7. The monoisotopic (exact) mass is 401 g/mol. The predicted octanol–water partition coefficient (Wildman–Crippen LogP) is 5.03. The second-order valence-electron chi connectivity index (χ2n) is 7.48. The van der Waals surface area contributed by atoms with E-state index in [1.54, 1.807) is 0 Å². The lowest BCUT2D eigenvalue weighted by Gasteiger charge is -2.09. The molecule has 4 aromatic rings. The summed E-state index contributed by atoms with van der Waals surface area (Å²) in [6, 6.07) is 15.7. The zero-order valence-electron chi connectivity index (χ0n) is 16.8. The lowest BCUT2D eigenvalue weighted by atomic mass is 10.1. The molecule has 0 saturated carbocycles. The van der Waals surface area contributed by atoms with E-state index in [0.29, 0.717) is 18.0 Å². The van der Waals surface area contributed by atoms with E-state index in [9.17, 15) is 4.79 Å². The second kappa shape index (κ2) is 7.71. The summed E-state index contributed by atoms with van der Waals surface area (Å²) in [6.45, 7) is 3.01. The normalized spacial score (nSPS) is 12.6. The van der Waals surface area contributed by atoms with Crippen molar-refractivity contribution in [3.63, 3.8) is 0 Å². The van der Waals surface area contributed by atoms with Crippen LogP contribution in [0.15, 0.2) is 48.5 Å². The predicted molar refractivity (Wildman–Crippen MR) is 117 cm³/mol. The Hall–Kier alpha value is -3.54. The average Bonchev–Trinajstić information content (AvgIpc) is 3.39. The first-order valence-electron chi connectivity index (χ1n) is 10.3. The number of carbonyl (C=O) groups excluding carboxylic acids is 1. The van der Waals surface area contributed by atoms with E-state index in [1.807, 2.05) is 42.5 Å². The summed E-state index contributed by atoms with van der Waals surface area (Å²) in [4.78, 5) is 21.1. The molecular formula is C24H23N3O3. The molecule has 5 rings (SSSR count). The van der Waals surface area contributed by atoms with E-state index in [4.69, 9.17) is 14.5 Å². The molecule has 6 nitrogen and oxygen atoms in total. The quantitative estimate of drug-likeness (QED) is 0.444. The van der Waals surface area contributed by atoms with E-state index in [-0.39, 0.29) is 12.7 Å². The lowest BCUT2D eigenvalue weighted by Crippen LogP contribution is -2.25. The molecule has 1 aliphatic heterocycles. The molecule has 1 aliphatic rings. The van der Waals surface area contributed by atoms with Gasteiger partial charge in [-0.2, -0.15) is 0 Å². The van der Waals surface area contributed by atoms with E-state index in [1.165, 1.54) is 0 Å². The molecule has 1 amide bonds. The van der Waals surface area contributed by atoms with Crippen molar-refractivity contribution >= 4 is 27.7 Å². The lowest BCUT2D eigenvalue weighted by molar-refractivity contribution is 0.0948. The first kappa shape index (κ1) is 18.5. The van der Waals surface area contributed by atoms with Crippen LogP contribution in [0.3, 0.4) is 0 Å². The van der Waals surface area contributed by atoms with Gasteiger partial charge in [-0.05, 0) is 36.8 Å². The van der Waals surface area contributed by atoms with Gasteiger partial charge in [0.25, 0.3) is 5.91 Å². The molecule has 0 unspecified atom stereocenters. The number of hydrogen-bond acceptors (Lipinski definition) is 4. The number of carbonyl (C=O) groups is 1. The van der Waals surface area contributed by atoms with Crippen molar-refractivity contribution in [1.82, 2.24) is 15.3 Å². The molecular weight excluding hydrogens is 378 g/mol. The minimum atomic E-state index is -0.153. The Bertz CT molecular complexity index is 1250. The third kappa shape index (κ3) is 3.24. The number of aromatic amines is 1. The van der Waals surface area contributed by atoms with E-state index >= 15 is 0 Å². The van der Waals surface area contributed by atoms with Gasteiger partial charge in [-0.3, -0.25) is 4.79 Å². The molecule has 0 saturated heterocycles. The number of rotatable bonds is 6. The van der Waals surface area contributed by atoms with Gasteiger partial charge in [0.1, 0.15) is 5.69 Å². The molecule has 0 aliphatic carbocycles. The van der Waals surface area contributed by atoms with Gasteiger partial charge in [-0.1, -0.05) is 38.0 Å². The number of nitrogens with zero attached hydrogens (tertiary/aromatic N) is 1. The Morgan fingerprint density at radius 2 is 1.93 bits per heavy atom. The van der Waals surface area contributed by atoms with E-state index in [0.717, 1.165) is 58.1 Å². The van der Waals surface area contributed by atoms with E-state index in [2.05, 4.69) is 23.3 Å². The van der Waals surface area contributed by atoms with Crippen molar-refractivity contribution in [2.45, 2.75) is 26.2 Å². The van der Waals surface area contributed by atoms with Crippen molar-refractivity contribution in [2.24, 2.45) is 0 Å². The van der Waals surface area contributed by atoms with Gasteiger partial charge < -0.3 is 19.8 Å². The van der Waals surface area contributed by atoms with Crippen molar-refractivity contribution < 1.29 is 14.3 Å². The molecule has 30 heavy (non-hydrogen) atoms. The van der Waals surface area contributed by atoms with Crippen LogP contribution in [-0.4, -0.2) is 29.2 Å². The van der Waals surface area contributed by atoms with Gasteiger partial charge in [0.05, 0.1) is 11.2 Å². The fourth-order valence-electron chi connectivity index (χ4n) is 3.88. The van der Waals surface area contributed by atoms with Crippen molar-refractivity contribution in [2.75, 3.05) is 13.3 Å². The highest BCUT2D eigenvalue weighted by Crippen LogP contribution is 2.38. The zero-order chi connectivity index (χ0) is 20.5. The highest BCUT2D eigenvalue weighted by Gasteiger charge is 2.19. The average molecular weight is 401 g/mol. The standard InChI is InChI=1S/C24H23N3O3/c1-2-3-6-11-25-24(28)19-13-17-16-7-4-5-8-18(16)26-23(17)22(27-19)15-9-10-20-21(12-15)30-14-29-20/h4-5,7-10,12-13,26H,2-3,6,11,14H2,1H3,(H,25,28). The molecule has 0 radical (unpaired) electrons. The Morgan fingerprint density at radius 1 is 1.07 bits per heavy atom. The number of fused-ring (bicyclic) bond motifs is 4. The molecule has 6 heteroatoms. The maximum Gasteiger partial charge on any atom is 0.269 e. The minimum absolute atomic E-state index is 0.153. The number of nitrogens with one attached hydrogen (secondary N) is 2. The maximum atomic E-state index is 12.9. The zero-order valence-corrected chi connectivity index (χ0v) is 16.8. The van der Waals surface area contributed by atoms with Crippen LogP contribution in [0.25, 0.3) is 33.1 Å². The second-order valence-corrected chi connectivity index (χ2v) is 7.48. The van der Waals surface area contributed by atoms with Crippen molar-refractivity contribution in [3.05, 3.63) is 54.2 Å². The van der Waals surface area contributed by atoms with Crippen LogP contribution < -0.4 is 14.8 Å². The first-order chi connectivity index (χ1) is 14.7. The van der Waals surface area contributed by atoms with E-state index < -0.39 is 0 Å². The van der Waals surface area contributed by atoms with Crippen molar-refractivity contribution in [3.8, 4) is 22.8 Å². The van der Waals surface area contributed by atoms with Gasteiger partial charge in [0.2, 0.25) is 6.79 Å². The Labute approximate surface area is 174 Å². The smallest absolute Gasteiger partial charge is 0.269 e. The number of ether oxygens (including phenoxy) is 2. The molecule has 0 atom stereocenters. The summed E-state index contributed by atoms with van der Waals surface area (Å²) >= 11 is 0. The van der Waals surface area contributed by atoms with Crippen LogP contribution >= 0.6 is 0 Å². The summed E-state index contributed by atoms with van der Waals surface area (Å²) in [5.41, 5.74) is 3.92. The number of para-hydroxylation sites is 1. The van der Waals surface area contributed by atoms with Crippen LogP contribution in [0.4, 0.5) is 0 Å². The number of benzene rings is 2. The molecule has 2 aromatic carbocycles. The van der Waals surface area contributed by atoms with Crippen LogP contribution in [0.5, 0.6) is 11.5 Å². The molecule has 2 aromatic heterocycles. The molecule has 0 fully saturated rings. The number of pyridine rings is 1. The summed E-state index contributed by atoms with van der Waals surface area (Å²) in [5.74, 6) is 1.25.